The fourth-order valence-electron chi connectivity index (χ4n) is 2.32. The Morgan fingerprint density at radius 2 is 2.04 bits per heavy atom. The Morgan fingerprint density at radius 3 is 2.87 bits per heavy atom. The first-order valence-electron chi connectivity index (χ1n) is 7.29. The van der Waals surface area contributed by atoms with Gasteiger partial charge in [-0.25, -0.2) is 9.78 Å². The Hall–Kier alpha value is -2.89. The zero-order chi connectivity index (χ0) is 16.1. The molecule has 6 heteroatoms. The molecule has 0 bridgehead atoms. The van der Waals surface area contributed by atoms with Crippen LogP contribution in [0.4, 0.5) is 9.18 Å². The van der Waals surface area contributed by atoms with Gasteiger partial charge in [0.05, 0.1) is 0 Å². The molecule has 0 saturated heterocycles. The monoisotopic (exact) mass is 313 g/mol. The van der Waals surface area contributed by atoms with Crippen LogP contribution >= 0.6 is 0 Å². The second-order valence-electron chi connectivity index (χ2n) is 5.08. The van der Waals surface area contributed by atoms with Gasteiger partial charge in [0.25, 0.3) is 0 Å². The Morgan fingerprint density at radius 1 is 1.22 bits per heavy atom. The SMILES string of the molecule is O=C(NCCc1c[nH]c2nc(F)ccc12)OCc1ccccc1. The molecule has 23 heavy (non-hydrogen) atoms. The molecule has 2 aromatic heterocycles. The maximum atomic E-state index is 13.0. The van der Waals surface area contributed by atoms with E-state index in [0.29, 0.717) is 18.6 Å². The summed E-state index contributed by atoms with van der Waals surface area (Å²) in [5.74, 6) is -0.520. The van der Waals surface area contributed by atoms with Crippen LogP contribution in [-0.4, -0.2) is 22.6 Å². The molecule has 3 aromatic rings. The lowest BCUT2D eigenvalue weighted by atomic mass is 10.1. The number of carbonyl (C=O) groups excluding carboxylic acids is 1. The van der Waals surface area contributed by atoms with Gasteiger partial charge in [0.1, 0.15) is 12.3 Å². The highest BCUT2D eigenvalue weighted by atomic mass is 19.1. The van der Waals surface area contributed by atoms with E-state index in [9.17, 15) is 9.18 Å². The Labute approximate surface area is 132 Å². The highest BCUT2D eigenvalue weighted by molar-refractivity contribution is 5.79. The summed E-state index contributed by atoms with van der Waals surface area (Å²) in [7, 11) is 0. The minimum absolute atomic E-state index is 0.239. The molecule has 3 rings (SSSR count). The summed E-state index contributed by atoms with van der Waals surface area (Å²) < 4.78 is 18.2. The third-order valence-corrected chi connectivity index (χ3v) is 3.47. The third kappa shape index (κ3) is 3.85. The topological polar surface area (TPSA) is 67.0 Å². The summed E-state index contributed by atoms with van der Waals surface area (Å²) in [6, 6.07) is 12.5. The number of halogens is 1. The van der Waals surface area contributed by atoms with Gasteiger partial charge >= 0.3 is 6.09 Å². The minimum Gasteiger partial charge on any atom is -0.445 e. The van der Waals surface area contributed by atoms with Crippen LogP contribution in [-0.2, 0) is 17.8 Å². The zero-order valence-corrected chi connectivity index (χ0v) is 12.4. The number of alkyl carbamates (subject to hydrolysis) is 1. The van der Waals surface area contributed by atoms with Gasteiger partial charge in [-0.05, 0) is 29.7 Å². The third-order valence-electron chi connectivity index (χ3n) is 3.47. The van der Waals surface area contributed by atoms with Gasteiger partial charge in [0.2, 0.25) is 5.95 Å². The highest BCUT2D eigenvalue weighted by Crippen LogP contribution is 2.16. The molecule has 0 atom stereocenters. The Balaban J connectivity index is 1.47. The van der Waals surface area contributed by atoms with Gasteiger partial charge in [-0.15, -0.1) is 0 Å². The first-order valence-corrected chi connectivity index (χ1v) is 7.29. The summed E-state index contributed by atoms with van der Waals surface area (Å²) in [5, 5.41) is 3.55. The lowest BCUT2D eigenvalue weighted by molar-refractivity contribution is 0.140. The summed E-state index contributed by atoms with van der Waals surface area (Å²) in [6.45, 7) is 0.668. The van der Waals surface area contributed by atoms with Crippen LogP contribution in [0.5, 0.6) is 0 Å². The van der Waals surface area contributed by atoms with Gasteiger partial charge in [-0.2, -0.15) is 4.39 Å². The molecule has 2 N–H and O–H groups in total. The van der Waals surface area contributed by atoms with Crippen molar-refractivity contribution in [2.45, 2.75) is 13.0 Å². The van der Waals surface area contributed by atoms with E-state index in [1.165, 1.54) is 6.07 Å². The minimum atomic E-state index is -0.520. The van der Waals surface area contributed by atoms with E-state index < -0.39 is 12.0 Å². The molecule has 0 spiro atoms. The lowest BCUT2D eigenvalue weighted by Gasteiger charge is -2.06. The number of amides is 1. The Kier molecular flexibility index (Phi) is 4.52. The van der Waals surface area contributed by atoms with Crippen molar-refractivity contribution in [3.63, 3.8) is 0 Å². The van der Waals surface area contributed by atoms with Crippen LogP contribution in [0, 0.1) is 5.95 Å². The molecule has 0 aliphatic rings. The smallest absolute Gasteiger partial charge is 0.407 e. The van der Waals surface area contributed by atoms with Gasteiger partial charge < -0.3 is 15.0 Å². The van der Waals surface area contributed by atoms with E-state index in [1.54, 1.807) is 12.3 Å². The number of H-pyrrole nitrogens is 1. The largest absolute Gasteiger partial charge is 0.445 e. The van der Waals surface area contributed by atoms with Gasteiger partial charge in [-0.1, -0.05) is 30.3 Å². The summed E-state index contributed by atoms with van der Waals surface area (Å²) in [5.41, 5.74) is 2.41. The van der Waals surface area contributed by atoms with Gasteiger partial charge in [-0.3, -0.25) is 0 Å². The van der Waals surface area contributed by atoms with Gasteiger partial charge in [0.15, 0.2) is 0 Å². The molecule has 0 aliphatic carbocycles. The second-order valence-corrected chi connectivity index (χ2v) is 5.08. The number of ether oxygens (including phenoxy) is 1. The van der Waals surface area contributed by atoms with E-state index in [0.717, 1.165) is 16.5 Å². The predicted octanol–water partition coefficient (Wildman–Crippen LogP) is 3.17. The van der Waals surface area contributed by atoms with E-state index in [2.05, 4.69) is 15.3 Å². The maximum Gasteiger partial charge on any atom is 0.407 e. The van der Waals surface area contributed by atoms with Crippen molar-refractivity contribution < 1.29 is 13.9 Å². The fourth-order valence-corrected chi connectivity index (χ4v) is 2.32. The van der Waals surface area contributed by atoms with Crippen LogP contribution in [0.2, 0.25) is 0 Å². The molecule has 0 radical (unpaired) electrons. The fraction of sp³-hybridized carbons (Fsp3) is 0.176. The average Bonchev–Trinajstić information content (AvgIpc) is 2.96. The number of aromatic amines is 1. The molecule has 1 amide bonds. The number of rotatable bonds is 5. The number of pyridine rings is 1. The first kappa shape index (κ1) is 15.0. The number of carbonyl (C=O) groups is 1. The van der Waals surface area contributed by atoms with Crippen molar-refractivity contribution in [1.82, 2.24) is 15.3 Å². The van der Waals surface area contributed by atoms with Crippen molar-refractivity contribution in [3.8, 4) is 0 Å². The van der Waals surface area contributed by atoms with E-state index in [-0.39, 0.29) is 6.61 Å². The predicted molar refractivity (Wildman–Crippen MR) is 84.4 cm³/mol. The molecule has 0 fully saturated rings. The molecule has 5 nitrogen and oxygen atoms in total. The van der Waals surface area contributed by atoms with E-state index in [1.807, 2.05) is 30.3 Å². The lowest BCUT2D eigenvalue weighted by Crippen LogP contribution is -2.26. The summed E-state index contributed by atoms with van der Waals surface area (Å²) in [4.78, 5) is 18.3. The van der Waals surface area contributed by atoms with Crippen molar-refractivity contribution in [2.75, 3.05) is 6.54 Å². The van der Waals surface area contributed by atoms with Crippen LogP contribution in [0.3, 0.4) is 0 Å². The van der Waals surface area contributed by atoms with Crippen LogP contribution in [0.15, 0.2) is 48.7 Å². The summed E-state index contributed by atoms with van der Waals surface area (Å²) >= 11 is 0. The molecule has 118 valence electrons. The van der Waals surface area contributed by atoms with Gasteiger partial charge in [0, 0.05) is 18.1 Å². The molecule has 2 heterocycles. The molecule has 1 aromatic carbocycles. The zero-order valence-electron chi connectivity index (χ0n) is 12.4. The highest BCUT2D eigenvalue weighted by Gasteiger charge is 2.07. The number of aromatic nitrogens is 2. The average molecular weight is 313 g/mol. The van der Waals surface area contributed by atoms with Crippen molar-refractivity contribution >= 4 is 17.1 Å². The molecular formula is C17H16FN3O2. The van der Waals surface area contributed by atoms with Crippen molar-refractivity contribution in [2.24, 2.45) is 0 Å². The van der Waals surface area contributed by atoms with Crippen LogP contribution in [0.25, 0.3) is 11.0 Å². The number of nitrogens with zero attached hydrogens (tertiary/aromatic N) is 1. The number of hydrogen-bond acceptors (Lipinski definition) is 3. The number of benzene rings is 1. The molecular weight excluding hydrogens is 297 g/mol. The molecule has 0 saturated carbocycles. The van der Waals surface area contributed by atoms with Crippen molar-refractivity contribution in [3.05, 3.63) is 65.7 Å². The normalized spacial score (nSPS) is 10.7. The van der Waals surface area contributed by atoms with Crippen LogP contribution in [0.1, 0.15) is 11.1 Å². The first-order chi connectivity index (χ1) is 11.2. The standard InChI is InChI=1S/C17H16FN3O2/c18-15-7-6-14-13(10-20-16(14)21-15)8-9-19-17(22)23-11-12-4-2-1-3-5-12/h1-7,10H,8-9,11H2,(H,19,22)(H,20,21). The molecule has 0 aliphatic heterocycles. The van der Waals surface area contributed by atoms with Crippen molar-refractivity contribution in [1.29, 1.82) is 0 Å². The van der Waals surface area contributed by atoms with E-state index in [4.69, 9.17) is 4.74 Å². The Bertz CT molecular complexity index is 802. The quantitative estimate of drug-likeness (QED) is 0.711. The number of fused-ring (bicyclic) bond motifs is 1. The van der Waals surface area contributed by atoms with Crippen LogP contribution < -0.4 is 5.32 Å². The second kappa shape index (κ2) is 6.91. The molecule has 0 unspecified atom stereocenters. The number of hydrogen-bond donors (Lipinski definition) is 2. The summed E-state index contributed by atoms with van der Waals surface area (Å²) in [6.07, 6.45) is 1.92. The maximum absolute atomic E-state index is 13.0. The number of nitrogens with one attached hydrogen (secondary N) is 2. The van der Waals surface area contributed by atoms with E-state index >= 15 is 0 Å².